The van der Waals surface area contributed by atoms with E-state index in [4.69, 9.17) is 4.42 Å². The normalized spacial score (nSPS) is 22.6. The number of sulfonamides is 1. The second kappa shape index (κ2) is 7.90. The van der Waals surface area contributed by atoms with Gasteiger partial charge in [0.1, 0.15) is 17.1 Å². The maximum absolute atomic E-state index is 13.2. The molecular formula is C25H22N4O7S. The fourth-order valence-electron chi connectivity index (χ4n) is 5.13. The lowest BCUT2D eigenvalue weighted by Gasteiger charge is -2.29. The van der Waals surface area contributed by atoms with Gasteiger partial charge in [0.2, 0.25) is 10.0 Å². The molecule has 2 aromatic carbocycles. The molecule has 11 nitrogen and oxygen atoms in total. The van der Waals surface area contributed by atoms with E-state index in [9.17, 15) is 27.6 Å². The van der Waals surface area contributed by atoms with Crippen molar-refractivity contribution < 1.29 is 32.0 Å². The van der Waals surface area contributed by atoms with Crippen molar-refractivity contribution in [1.82, 2.24) is 15.5 Å². The number of fused-ring (bicyclic) bond motifs is 2. The summed E-state index contributed by atoms with van der Waals surface area (Å²) in [6, 6.07) is 11.1. The van der Waals surface area contributed by atoms with Crippen LogP contribution in [0.2, 0.25) is 0 Å². The molecule has 0 bridgehead atoms. The lowest BCUT2D eigenvalue weighted by atomic mass is 9.95. The van der Waals surface area contributed by atoms with Gasteiger partial charge in [0.15, 0.2) is 11.3 Å². The molecule has 190 valence electrons. The minimum absolute atomic E-state index is 0.0985. The number of nitrogens with zero attached hydrogens (tertiary/aromatic N) is 2. The Labute approximate surface area is 211 Å². The number of hydrogen-bond acceptors (Lipinski definition) is 7. The van der Waals surface area contributed by atoms with Gasteiger partial charge in [-0.05, 0) is 47.9 Å². The topological polar surface area (TPSA) is 146 Å². The number of aryl methyl sites for hydroxylation is 1. The smallest absolute Gasteiger partial charge is 0.322 e. The van der Waals surface area contributed by atoms with Gasteiger partial charge in [-0.15, -0.1) is 0 Å². The fourth-order valence-corrected chi connectivity index (χ4v) is 6.56. The van der Waals surface area contributed by atoms with Gasteiger partial charge in [0.05, 0.1) is 18.8 Å². The molecule has 4 amide bonds. The van der Waals surface area contributed by atoms with Gasteiger partial charge in [-0.3, -0.25) is 24.0 Å². The second-order valence-electron chi connectivity index (χ2n) is 9.45. The Balaban J connectivity index is 1.37. The van der Waals surface area contributed by atoms with Crippen molar-refractivity contribution >= 4 is 50.3 Å². The van der Waals surface area contributed by atoms with Crippen molar-refractivity contribution in [3.63, 3.8) is 0 Å². The molecule has 0 radical (unpaired) electrons. The molecule has 3 aliphatic rings. The zero-order valence-electron chi connectivity index (χ0n) is 19.7. The van der Waals surface area contributed by atoms with Crippen LogP contribution >= 0.6 is 0 Å². The number of amides is 4. The van der Waals surface area contributed by atoms with E-state index in [0.29, 0.717) is 16.5 Å². The van der Waals surface area contributed by atoms with Crippen molar-refractivity contribution in [1.29, 1.82) is 0 Å². The maximum atomic E-state index is 13.2. The van der Waals surface area contributed by atoms with E-state index in [-0.39, 0.29) is 37.0 Å². The van der Waals surface area contributed by atoms with Gasteiger partial charge >= 0.3 is 6.03 Å². The van der Waals surface area contributed by atoms with Crippen LogP contribution in [-0.2, 0) is 38.1 Å². The van der Waals surface area contributed by atoms with Crippen LogP contribution in [0.4, 0.5) is 10.5 Å². The van der Waals surface area contributed by atoms with Crippen molar-refractivity contribution in [3.8, 4) is 0 Å². The van der Waals surface area contributed by atoms with Crippen LogP contribution in [0.15, 0.2) is 46.9 Å². The summed E-state index contributed by atoms with van der Waals surface area (Å²) in [6.07, 6.45) is 0.775. The molecular weight excluding hydrogens is 500 g/mol. The third kappa shape index (κ3) is 3.58. The molecule has 0 aliphatic carbocycles. The van der Waals surface area contributed by atoms with Crippen LogP contribution < -0.4 is 14.9 Å². The van der Waals surface area contributed by atoms with Gasteiger partial charge in [0, 0.05) is 17.5 Å². The quantitative estimate of drug-likeness (QED) is 0.482. The Morgan fingerprint density at radius 1 is 1.03 bits per heavy atom. The first-order chi connectivity index (χ1) is 17.6. The van der Waals surface area contributed by atoms with Gasteiger partial charge < -0.3 is 14.6 Å². The summed E-state index contributed by atoms with van der Waals surface area (Å²) in [5, 5.41) is 5.35. The van der Waals surface area contributed by atoms with E-state index in [1.54, 1.807) is 6.07 Å². The van der Waals surface area contributed by atoms with E-state index >= 15 is 0 Å². The minimum Gasteiger partial charge on any atom is -0.458 e. The molecule has 1 aromatic heterocycles. The van der Waals surface area contributed by atoms with E-state index in [2.05, 4.69) is 10.6 Å². The van der Waals surface area contributed by atoms with E-state index < -0.39 is 39.0 Å². The van der Waals surface area contributed by atoms with Gasteiger partial charge in [-0.25, -0.2) is 13.2 Å². The molecule has 0 saturated carbocycles. The number of rotatable bonds is 5. The van der Waals surface area contributed by atoms with Gasteiger partial charge in [-0.2, -0.15) is 0 Å². The summed E-state index contributed by atoms with van der Waals surface area (Å²) in [7, 11) is -3.76. The van der Waals surface area contributed by atoms with E-state index in [1.807, 2.05) is 25.1 Å². The largest absolute Gasteiger partial charge is 0.458 e. The van der Waals surface area contributed by atoms with Crippen LogP contribution in [-0.4, -0.2) is 55.8 Å². The Morgan fingerprint density at radius 3 is 2.51 bits per heavy atom. The van der Waals surface area contributed by atoms with Crippen molar-refractivity contribution in [2.75, 3.05) is 23.1 Å². The number of imide groups is 1. The second-order valence-corrected chi connectivity index (χ2v) is 11.3. The molecule has 0 unspecified atom stereocenters. The minimum atomic E-state index is -3.76. The van der Waals surface area contributed by atoms with Crippen molar-refractivity contribution in [2.45, 2.75) is 25.4 Å². The third-order valence-corrected chi connectivity index (χ3v) is 8.74. The van der Waals surface area contributed by atoms with Crippen LogP contribution in [0.3, 0.4) is 0 Å². The average molecular weight is 523 g/mol. The molecule has 3 aromatic rings. The van der Waals surface area contributed by atoms with Crippen LogP contribution in [0, 0.1) is 0 Å². The number of carbonyl (C=O) groups excluding carboxylic acids is 4. The van der Waals surface area contributed by atoms with Gasteiger partial charge in [-0.1, -0.05) is 19.1 Å². The zero-order chi connectivity index (χ0) is 26.1. The Bertz CT molecular complexity index is 1640. The highest BCUT2D eigenvalue weighted by molar-refractivity contribution is 7.94. The van der Waals surface area contributed by atoms with Gasteiger partial charge in [0.25, 0.3) is 11.8 Å². The van der Waals surface area contributed by atoms with Crippen LogP contribution in [0.25, 0.3) is 11.0 Å². The first-order valence-electron chi connectivity index (χ1n) is 11.7. The molecule has 6 rings (SSSR count). The number of hydrogen-bond donors (Lipinski definition) is 2. The number of Topliss-reactive ketones (excluding diaryl/α,β-unsaturated/α-hetero) is 1. The van der Waals surface area contributed by atoms with E-state index in [0.717, 1.165) is 21.9 Å². The first-order valence-corrected chi connectivity index (χ1v) is 13.3. The zero-order valence-corrected chi connectivity index (χ0v) is 20.6. The molecule has 4 heterocycles. The average Bonchev–Trinajstić information content (AvgIpc) is 3.56. The summed E-state index contributed by atoms with van der Waals surface area (Å²) >= 11 is 0. The first kappa shape index (κ1) is 23.2. The highest BCUT2D eigenvalue weighted by Crippen LogP contribution is 2.36. The SMILES string of the molecule is CCc1ccc2c(c1)C(=O)N(C[C@@]1(c3cc4cc(N5CC(=O)CS5(=O)=O)ccc4o3)NC(=O)NC1=O)C2. The highest BCUT2D eigenvalue weighted by Gasteiger charge is 2.53. The maximum Gasteiger partial charge on any atom is 0.322 e. The summed E-state index contributed by atoms with van der Waals surface area (Å²) in [5.41, 5.74) is 1.37. The lowest BCUT2D eigenvalue weighted by molar-refractivity contribution is -0.125. The monoisotopic (exact) mass is 522 g/mol. The Hall–Kier alpha value is -4.19. The van der Waals surface area contributed by atoms with E-state index in [1.165, 1.54) is 23.1 Å². The molecule has 2 saturated heterocycles. The predicted octanol–water partition coefficient (Wildman–Crippen LogP) is 1.40. The number of nitrogens with one attached hydrogen (secondary N) is 2. The summed E-state index contributed by atoms with van der Waals surface area (Å²) < 4.78 is 31.7. The third-order valence-electron chi connectivity index (χ3n) is 7.04. The number of anilines is 1. The number of ketones is 1. The standard InChI is InChI=1S/C25H22N4O7S/c1-2-14-3-4-15-10-28(22(31)19(15)7-14)13-25(23(32)26-24(33)27-25)21-9-16-8-17(5-6-20(16)36-21)29-11-18(30)12-37(29,34)35/h3-9H,2,10-13H2,1H3,(H2,26,27,32,33)/t25-/m0/s1. The fraction of sp³-hybridized carbons (Fsp3) is 0.280. The summed E-state index contributed by atoms with van der Waals surface area (Å²) in [4.78, 5) is 51.9. The van der Waals surface area contributed by atoms with Crippen molar-refractivity contribution in [2.24, 2.45) is 0 Å². The molecule has 2 N–H and O–H groups in total. The molecule has 0 spiro atoms. The number of urea groups is 1. The Kier molecular flexibility index (Phi) is 4.96. The Morgan fingerprint density at radius 2 is 1.84 bits per heavy atom. The molecule has 2 fully saturated rings. The predicted molar refractivity (Wildman–Crippen MR) is 131 cm³/mol. The van der Waals surface area contributed by atoms with Crippen LogP contribution in [0.5, 0.6) is 0 Å². The number of furan rings is 1. The lowest BCUT2D eigenvalue weighted by Crippen LogP contribution is -2.52. The molecule has 37 heavy (non-hydrogen) atoms. The molecule has 12 heteroatoms. The molecule has 3 aliphatic heterocycles. The molecule has 1 atom stereocenters. The van der Waals surface area contributed by atoms with Crippen molar-refractivity contribution in [3.05, 3.63) is 64.9 Å². The number of carbonyl (C=O) groups is 4. The number of benzene rings is 2. The van der Waals surface area contributed by atoms with Crippen LogP contribution in [0.1, 0.15) is 34.2 Å². The summed E-state index contributed by atoms with van der Waals surface area (Å²) in [6.45, 7) is 1.85. The summed E-state index contributed by atoms with van der Waals surface area (Å²) in [5.74, 6) is -1.77. The highest BCUT2D eigenvalue weighted by atomic mass is 32.2.